The first-order valence-corrected chi connectivity index (χ1v) is 18.0. The van der Waals surface area contributed by atoms with Crippen molar-refractivity contribution in [1.29, 1.82) is 0 Å². The molecule has 8 nitrogen and oxygen atoms in total. The van der Waals surface area contributed by atoms with Crippen LogP contribution in [0.2, 0.25) is 0 Å². The van der Waals surface area contributed by atoms with E-state index in [1.54, 1.807) is 0 Å². The highest BCUT2D eigenvalue weighted by Gasteiger charge is 2.22. The van der Waals surface area contributed by atoms with Gasteiger partial charge < -0.3 is 19.3 Å². The molecule has 0 saturated heterocycles. The fraction of sp³-hybridized carbons (Fsp3) is 0.875. The summed E-state index contributed by atoms with van der Waals surface area (Å²) in [4.78, 5) is 42.3. The van der Waals surface area contributed by atoms with Crippen LogP contribution in [0.25, 0.3) is 0 Å². The molecule has 0 spiro atoms. The van der Waals surface area contributed by atoms with Gasteiger partial charge in [-0.3, -0.25) is 14.1 Å². The Bertz CT molecular complexity index is 691. The average molecular weight is 605 g/mol. The van der Waals surface area contributed by atoms with Crippen LogP contribution in [0, 0.1) is 0 Å². The van der Waals surface area contributed by atoms with Gasteiger partial charge >= 0.3 is 19.8 Å². The largest absolute Gasteiger partial charge is 0.469 e. The van der Waals surface area contributed by atoms with Crippen LogP contribution < -0.4 is 0 Å². The number of esters is 2. The first-order chi connectivity index (χ1) is 19.8. The van der Waals surface area contributed by atoms with E-state index in [1.165, 1.54) is 96.3 Å². The second-order valence-corrected chi connectivity index (χ2v) is 12.4. The number of carbonyl (C=O) groups excluding carboxylic acids is 2. The number of hydrogen-bond donors (Lipinski definition) is 2. The van der Waals surface area contributed by atoms with E-state index in [0.29, 0.717) is 6.42 Å². The van der Waals surface area contributed by atoms with Crippen molar-refractivity contribution in [1.82, 2.24) is 0 Å². The van der Waals surface area contributed by atoms with E-state index < -0.39 is 32.5 Å². The van der Waals surface area contributed by atoms with Gasteiger partial charge in [0.1, 0.15) is 6.61 Å². The lowest BCUT2D eigenvalue weighted by Gasteiger charge is -2.18. The van der Waals surface area contributed by atoms with Gasteiger partial charge in [0.2, 0.25) is 0 Å². The predicted octanol–water partition coefficient (Wildman–Crippen LogP) is 9.12. The molecule has 9 heteroatoms. The molecule has 0 aromatic carbocycles. The number of allylic oxidation sites excluding steroid dienone is 2. The minimum absolute atomic E-state index is 0.132. The summed E-state index contributed by atoms with van der Waals surface area (Å²) in [5.74, 6) is -0.943. The van der Waals surface area contributed by atoms with E-state index in [-0.39, 0.29) is 19.4 Å². The molecular formula is C32H61O8P. The molecule has 0 saturated carbocycles. The van der Waals surface area contributed by atoms with E-state index in [2.05, 4.69) is 24.4 Å². The lowest BCUT2D eigenvalue weighted by atomic mass is 10.1. The maximum absolute atomic E-state index is 12.2. The van der Waals surface area contributed by atoms with Gasteiger partial charge in [-0.15, -0.1) is 0 Å². The zero-order valence-corrected chi connectivity index (χ0v) is 27.1. The van der Waals surface area contributed by atoms with Crippen LogP contribution in [0.4, 0.5) is 0 Å². The Kier molecular flexibility index (Phi) is 28.0. The number of unbranched alkanes of at least 4 members (excludes halogenated alkanes) is 18. The van der Waals surface area contributed by atoms with Crippen molar-refractivity contribution < 1.29 is 37.9 Å². The molecule has 0 aliphatic rings. The quantitative estimate of drug-likeness (QED) is 0.0360. The highest BCUT2D eigenvalue weighted by atomic mass is 31.2. The molecule has 0 radical (unpaired) electrons. The van der Waals surface area contributed by atoms with Crippen LogP contribution >= 0.6 is 7.82 Å². The van der Waals surface area contributed by atoms with Crippen molar-refractivity contribution >= 4 is 19.8 Å². The zero-order valence-electron chi connectivity index (χ0n) is 26.2. The third kappa shape index (κ3) is 31.6. The molecule has 0 heterocycles. The molecule has 0 aromatic heterocycles. The van der Waals surface area contributed by atoms with Crippen LogP contribution in [0.15, 0.2) is 12.2 Å². The maximum atomic E-state index is 12.2. The monoisotopic (exact) mass is 604 g/mol. The summed E-state index contributed by atoms with van der Waals surface area (Å²) in [6, 6.07) is 0. The van der Waals surface area contributed by atoms with Crippen LogP contribution in [0.3, 0.4) is 0 Å². The molecule has 242 valence electrons. The molecule has 1 atom stereocenters. The molecule has 0 fully saturated rings. The third-order valence-electron chi connectivity index (χ3n) is 7.05. The van der Waals surface area contributed by atoms with Crippen molar-refractivity contribution in [2.24, 2.45) is 0 Å². The minimum Gasteiger partial charge on any atom is -0.462 e. The normalized spacial score (nSPS) is 12.6. The number of phosphoric ester groups is 1. The second kappa shape index (κ2) is 28.9. The van der Waals surface area contributed by atoms with E-state index in [1.807, 2.05) is 6.08 Å². The Labute approximate surface area is 250 Å². The fourth-order valence-electron chi connectivity index (χ4n) is 4.57. The molecule has 0 aliphatic heterocycles. The summed E-state index contributed by atoms with van der Waals surface area (Å²) in [7, 11) is -4.74. The highest BCUT2D eigenvalue weighted by molar-refractivity contribution is 7.46. The highest BCUT2D eigenvalue weighted by Crippen LogP contribution is 2.35. The summed E-state index contributed by atoms with van der Waals surface area (Å²) in [6.07, 6.45) is 28.2. The summed E-state index contributed by atoms with van der Waals surface area (Å²) in [6.45, 7) is 3.60. The third-order valence-corrected chi connectivity index (χ3v) is 7.53. The smallest absolute Gasteiger partial charge is 0.462 e. The van der Waals surface area contributed by atoms with E-state index >= 15 is 0 Å². The Hall–Kier alpha value is -1.21. The lowest BCUT2D eigenvalue weighted by Crippen LogP contribution is -2.29. The van der Waals surface area contributed by atoms with E-state index in [4.69, 9.17) is 19.3 Å². The van der Waals surface area contributed by atoms with Crippen molar-refractivity contribution in [3.8, 4) is 0 Å². The number of phosphoric acid groups is 1. The Morgan fingerprint density at radius 3 is 1.59 bits per heavy atom. The van der Waals surface area contributed by atoms with Gasteiger partial charge in [0.25, 0.3) is 0 Å². The first kappa shape index (κ1) is 39.8. The number of rotatable bonds is 30. The van der Waals surface area contributed by atoms with Crippen molar-refractivity contribution in [3.05, 3.63) is 12.2 Å². The Morgan fingerprint density at radius 1 is 0.610 bits per heavy atom. The number of ether oxygens (including phenoxy) is 2. The lowest BCUT2D eigenvalue weighted by molar-refractivity contribution is -0.161. The molecule has 2 N–H and O–H groups in total. The fourth-order valence-corrected chi connectivity index (χ4v) is 4.93. The Balaban J connectivity index is 4.03. The molecule has 0 bridgehead atoms. The molecule has 0 aliphatic carbocycles. The second-order valence-electron chi connectivity index (χ2n) is 11.1. The minimum atomic E-state index is -4.74. The maximum Gasteiger partial charge on any atom is 0.469 e. The SMILES string of the molecule is CCCCCCCCCCCCC/C=C/CCC(=O)O[C@H](COC(=O)CCCCCCCCCC)COP(=O)(O)O. The summed E-state index contributed by atoms with van der Waals surface area (Å²) in [5, 5.41) is 0. The topological polar surface area (TPSA) is 119 Å². The average Bonchev–Trinajstić information content (AvgIpc) is 2.93. The molecule has 0 rings (SSSR count). The van der Waals surface area contributed by atoms with Crippen molar-refractivity contribution in [2.45, 2.75) is 168 Å². The summed E-state index contributed by atoms with van der Waals surface area (Å²) < 4.78 is 26.1. The number of hydrogen-bond acceptors (Lipinski definition) is 6. The van der Waals surface area contributed by atoms with Crippen molar-refractivity contribution in [2.75, 3.05) is 13.2 Å². The summed E-state index contributed by atoms with van der Waals surface area (Å²) >= 11 is 0. The van der Waals surface area contributed by atoms with Crippen LogP contribution in [0.1, 0.15) is 162 Å². The molecule has 0 aromatic rings. The van der Waals surface area contributed by atoms with Crippen molar-refractivity contribution in [3.63, 3.8) is 0 Å². The van der Waals surface area contributed by atoms with Gasteiger partial charge in [-0.1, -0.05) is 135 Å². The van der Waals surface area contributed by atoms with Gasteiger partial charge in [0.05, 0.1) is 6.61 Å². The van der Waals surface area contributed by atoms with Gasteiger partial charge in [-0.05, 0) is 25.7 Å². The van der Waals surface area contributed by atoms with Crippen LogP contribution in [0.5, 0.6) is 0 Å². The molecular weight excluding hydrogens is 543 g/mol. The van der Waals surface area contributed by atoms with Crippen LogP contribution in [-0.2, 0) is 28.2 Å². The first-order valence-electron chi connectivity index (χ1n) is 16.5. The van der Waals surface area contributed by atoms with Gasteiger partial charge in [-0.25, -0.2) is 4.57 Å². The van der Waals surface area contributed by atoms with Gasteiger partial charge in [0.15, 0.2) is 6.10 Å². The summed E-state index contributed by atoms with van der Waals surface area (Å²) in [5.41, 5.74) is 0. The molecule has 0 amide bonds. The standard InChI is InChI=1S/C32H61O8P/c1-3-5-7-9-11-13-14-15-16-17-18-19-21-23-25-27-32(34)40-30(29-39-41(35,36)37)28-38-31(33)26-24-22-20-12-10-8-6-4-2/h21,23,30H,3-20,22,24-29H2,1-2H3,(H2,35,36,37)/b23-21+/t30-/m1/s1. The number of carbonyl (C=O) groups is 2. The van der Waals surface area contributed by atoms with Gasteiger partial charge in [-0.2, -0.15) is 0 Å². The van der Waals surface area contributed by atoms with Gasteiger partial charge in [0, 0.05) is 12.8 Å². The Morgan fingerprint density at radius 2 is 1.07 bits per heavy atom. The zero-order chi connectivity index (χ0) is 30.4. The van der Waals surface area contributed by atoms with E-state index in [0.717, 1.165) is 32.1 Å². The molecule has 41 heavy (non-hydrogen) atoms. The van der Waals surface area contributed by atoms with E-state index in [9.17, 15) is 14.2 Å². The van der Waals surface area contributed by atoms with Crippen LogP contribution in [-0.4, -0.2) is 41.0 Å². The molecule has 0 unspecified atom stereocenters. The predicted molar refractivity (Wildman–Crippen MR) is 166 cm³/mol.